The van der Waals surface area contributed by atoms with Crippen molar-refractivity contribution in [1.82, 2.24) is 4.98 Å². The van der Waals surface area contributed by atoms with Gasteiger partial charge in [-0.1, -0.05) is 66.7 Å². The first-order valence-electron chi connectivity index (χ1n) is 13.9. The second-order valence-corrected chi connectivity index (χ2v) is 11.5. The number of benzene rings is 6. The summed E-state index contributed by atoms with van der Waals surface area (Å²) in [4.78, 5) is 7.06. The second-order valence-electron chi connectivity index (χ2n) is 10.4. The lowest BCUT2D eigenvalue weighted by atomic mass is 10.1. The molecule has 0 radical (unpaired) electrons. The van der Waals surface area contributed by atoms with E-state index in [4.69, 9.17) is 13.8 Å². The molecule has 0 saturated heterocycles. The molecule has 9 aromatic rings. The summed E-state index contributed by atoms with van der Waals surface area (Å²) in [6.07, 6.45) is 0. The van der Waals surface area contributed by atoms with Gasteiger partial charge < -0.3 is 13.7 Å². The average molecular weight is 559 g/mol. The van der Waals surface area contributed by atoms with Gasteiger partial charge in [0.1, 0.15) is 16.7 Å². The Kier molecular flexibility index (Phi) is 5.03. The van der Waals surface area contributed by atoms with Gasteiger partial charge in [-0.2, -0.15) is 0 Å². The van der Waals surface area contributed by atoms with E-state index in [1.165, 1.54) is 20.2 Å². The molecule has 0 N–H and O–H groups in total. The third-order valence-electron chi connectivity index (χ3n) is 7.88. The zero-order valence-corrected chi connectivity index (χ0v) is 23.1. The van der Waals surface area contributed by atoms with Gasteiger partial charge in [-0.05, 0) is 54.6 Å². The van der Waals surface area contributed by atoms with Crippen molar-refractivity contribution in [3.63, 3.8) is 0 Å². The maximum atomic E-state index is 6.47. The molecule has 0 spiro atoms. The molecule has 6 aromatic carbocycles. The van der Waals surface area contributed by atoms with E-state index in [-0.39, 0.29) is 0 Å². The van der Waals surface area contributed by atoms with Crippen LogP contribution in [0.4, 0.5) is 17.1 Å². The van der Waals surface area contributed by atoms with E-state index < -0.39 is 0 Å². The van der Waals surface area contributed by atoms with Crippen molar-refractivity contribution in [3.8, 4) is 11.5 Å². The predicted octanol–water partition coefficient (Wildman–Crippen LogP) is 11.2. The fourth-order valence-corrected chi connectivity index (χ4v) is 7.15. The van der Waals surface area contributed by atoms with Crippen LogP contribution >= 0.6 is 11.3 Å². The lowest BCUT2D eigenvalue weighted by Gasteiger charge is -2.26. The maximum Gasteiger partial charge on any atom is 0.227 e. The van der Waals surface area contributed by atoms with E-state index >= 15 is 0 Å². The van der Waals surface area contributed by atoms with Crippen LogP contribution in [0.2, 0.25) is 0 Å². The summed E-state index contributed by atoms with van der Waals surface area (Å²) in [6, 6.07) is 46.2. The second kappa shape index (κ2) is 9.06. The lowest BCUT2D eigenvalue weighted by molar-refractivity contribution is 0.620. The summed E-state index contributed by atoms with van der Waals surface area (Å²) in [5.41, 5.74) is 7.36. The van der Waals surface area contributed by atoms with Crippen LogP contribution in [0.15, 0.2) is 142 Å². The molecule has 0 atom stereocenters. The summed E-state index contributed by atoms with van der Waals surface area (Å²) >= 11 is 1.83. The zero-order chi connectivity index (χ0) is 27.6. The van der Waals surface area contributed by atoms with Crippen LogP contribution in [0.1, 0.15) is 0 Å². The highest BCUT2D eigenvalue weighted by Crippen LogP contribution is 2.45. The number of aromatic nitrogens is 1. The fraction of sp³-hybridized carbons (Fsp3) is 0. The number of thiophene rings is 1. The first-order chi connectivity index (χ1) is 20.8. The third-order valence-corrected chi connectivity index (χ3v) is 9.09. The van der Waals surface area contributed by atoms with E-state index in [9.17, 15) is 0 Å². The summed E-state index contributed by atoms with van der Waals surface area (Å²) in [5, 5.41) is 4.61. The Labute approximate surface area is 244 Å². The van der Waals surface area contributed by atoms with Crippen molar-refractivity contribution >= 4 is 81.6 Å². The van der Waals surface area contributed by atoms with Crippen molar-refractivity contribution < 1.29 is 8.83 Å². The maximum absolute atomic E-state index is 6.47. The molecule has 3 aromatic heterocycles. The smallest absolute Gasteiger partial charge is 0.227 e. The van der Waals surface area contributed by atoms with Crippen molar-refractivity contribution in [2.75, 3.05) is 4.90 Å². The SMILES string of the molecule is c1ccc(-c2nc3cc4oc5cc(N(c6ccccc6)c6cccc7c6sc6ccccc67)ccc5c4cc3o2)cc1. The molecule has 0 aliphatic heterocycles. The average Bonchev–Trinajstić information content (AvgIpc) is 3.74. The van der Waals surface area contributed by atoms with Gasteiger partial charge in [0.05, 0.1) is 10.4 Å². The molecular formula is C37H22N2O2S. The molecule has 42 heavy (non-hydrogen) atoms. The van der Waals surface area contributed by atoms with Gasteiger partial charge in [0.15, 0.2) is 5.58 Å². The molecule has 0 unspecified atom stereocenters. The highest BCUT2D eigenvalue weighted by atomic mass is 32.1. The number of hydrogen-bond donors (Lipinski definition) is 0. The van der Waals surface area contributed by atoms with Gasteiger partial charge in [-0.25, -0.2) is 4.98 Å². The van der Waals surface area contributed by atoms with Crippen LogP contribution in [-0.4, -0.2) is 4.98 Å². The van der Waals surface area contributed by atoms with Gasteiger partial charge in [0.25, 0.3) is 0 Å². The quantitative estimate of drug-likeness (QED) is 0.215. The minimum atomic E-state index is 0.610. The lowest BCUT2D eigenvalue weighted by Crippen LogP contribution is -2.09. The van der Waals surface area contributed by atoms with Gasteiger partial charge >= 0.3 is 0 Å². The Morgan fingerprint density at radius 3 is 2.17 bits per heavy atom. The van der Waals surface area contributed by atoms with Crippen molar-refractivity contribution in [1.29, 1.82) is 0 Å². The number of anilines is 3. The van der Waals surface area contributed by atoms with Crippen LogP contribution < -0.4 is 4.90 Å². The Balaban J connectivity index is 1.22. The van der Waals surface area contributed by atoms with Crippen molar-refractivity contribution in [3.05, 3.63) is 133 Å². The van der Waals surface area contributed by atoms with E-state index in [0.29, 0.717) is 5.89 Å². The van der Waals surface area contributed by atoms with E-state index in [1.807, 2.05) is 53.8 Å². The number of oxazole rings is 1. The van der Waals surface area contributed by atoms with Crippen LogP contribution in [0.25, 0.3) is 64.7 Å². The van der Waals surface area contributed by atoms with Gasteiger partial charge in [-0.3, -0.25) is 0 Å². The van der Waals surface area contributed by atoms with Gasteiger partial charge in [-0.15, -0.1) is 11.3 Å². The molecule has 5 heteroatoms. The standard InChI is InChI=1S/C37H22N2O2S/c1-3-10-23(11-4-1)37-38-30-22-33-29(21-34(30)41-37)26-19-18-25(20-32(26)40-33)39(24-12-5-2-6-13-24)31-16-9-15-28-27-14-7-8-17-35(27)42-36(28)31/h1-22H. The topological polar surface area (TPSA) is 42.4 Å². The summed E-state index contributed by atoms with van der Waals surface area (Å²) in [5.74, 6) is 0.610. The Bertz CT molecular complexity index is 2420. The Morgan fingerprint density at radius 1 is 0.524 bits per heavy atom. The van der Waals surface area contributed by atoms with Crippen LogP contribution in [0.3, 0.4) is 0 Å². The molecular weight excluding hydrogens is 536 g/mol. The summed E-state index contributed by atoms with van der Waals surface area (Å²) in [6.45, 7) is 0. The molecule has 0 bridgehead atoms. The molecule has 0 aliphatic carbocycles. The number of nitrogens with zero attached hydrogens (tertiary/aromatic N) is 2. The summed E-state index contributed by atoms with van der Waals surface area (Å²) in [7, 11) is 0. The minimum Gasteiger partial charge on any atom is -0.456 e. The van der Waals surface area contributed by atoms with E-state index in [2.05, 4.69) is 95.9 Å². The number of furan rings is 1. The molecule has 0 saturated carbocycles. The van der Waals surface area contributed by atoms with E-state index in [0.717, 1.165) is 55.7 Å². The van der Waals surface area contributed by atoms with Gasteiger partial charge in [0, 0.05) is 55.3 Å². The van der Waals surface area contributed by atoms with E-state index in [1.54, 1.807) is 0 Å². The van der Waals surface area contributed by atoms with Crippen molar-refractivity contribution in [2.24, 2.45) is 0 Å². The number of para-hydroxylation sites is 1. The molecule has 0 fully saturated rings. The zero-order valence-electron chi connectivity index (χ0n) is 22.3. The monoisotopic (exact) mass is 558 g/mol. The number of rotatable bonds is 4. The fourth-order valence-electron chi connectivity index (χ4n) is 5.94. The van der Waals surface area contributed by atoms with Crippen LogP contribution in [0, 0.1) is 0 Å². The molecule has 198 valence electrons. The first kappa shape index (κ1) is 23.3. The molecule has 0 amide bonds. The van der Waals surface area contributed by atoms with Crippen LogP contribution in [-0.2, 0) is 0 Å². The first-order valence-corrected chi connectivity index (χ1v) is 14.7. The highest BCUT2D eigenvalue weighted by molar-refractivity contribution is 7.26. The molecule has 0 aliphatic rings. The summed E-state index contributed by atoms with van der Waals surface area (Å²) < 4.78 is 15.2. The minimum absolute atomic E-state index is 0.610. The van der Waals surface area contributed by atoms with Crippen LogP contribution in [0.5, 0.6) is 0 Å². The Hall–Kier alpha value is -5.39. The number of fused-ring (bicyclic) bond motifs is 7. The van der Waals surface area contributed by atoms with Gasteiger partial charge in [0.2, 0.25) is 5.89 Å². The third kappa shape index (κ3) is 3.57. The number of hydrogen-bond acceptors (Lipinski definition) is 5. The highest BCUT2D eigenvalue weighted by Gasteiger charge is 2.20. The largest absolute Gasteiger partial charge is 0.456 e. The molecule has 9 rings (SSSR count). The molecule has 3 heterocycles. The molecule has 4 nitrogen and oxygen atoms in total. The Morgan fingerprint density at radius 2 is 1.29 bits per heavy atom. The van der Waals surface area contributed by atoms with Crippen molar-refractivity contribution in [2.45, 2.75) is 0 Å². The normalized spacial score (nSPS) is 11.8. The predicted molar refractivity (Wildman–Crippen MR) is 174 cm³/mol.